The molecule has 0 saturated heterocycles. The number of halogens is 3. The van der Waals surface area contributed by atoms with Gasteiger partial charge < -0.3 is 10.6 Å². The number of hydrogen-bond donors (Lipinski definition) is 1. The highest BCUT2D eigenvalue weighted by atomic mass is 79.9. The van der Waals surface area contributed by atoms with Crippen molar-refractivity contribution in [3.8, 4) is 0 Å². The van der Waals surface area contributed by atoms with Crippen molar-refractivity contribution in [1.82, 2.24) is 4.90 Å². The Morgan fingerprint density at radius 2 is 2.05 bits per heavy atom. The van der Waals surface area contributed by atoms with Crippen LogP contribution in [0.1, 0.15) is 24.2 Å². The van der Waals surface area contributed by atoms with Crippen LogP contribution in [-0.4, -0.2) is 30.9 Å². The van der Waals surface area contributed by atoms with Gasteiger partial charge in [0.25, 0.3) is 5.91 Å². The molecule has 108 valence electrons. The maximum Gasteiger partial charge on any atom is 0.253 e. The van der Waals surface area contributed by atoms with Gasteiger partial charge in [0.1, 0.15) is 5.82 Å². The van der Waals surface area contributed by atoms with Gasteiger partial charge in [0.05, 0.1) is 4.47 Å². The van der Waals surface area contributed by atoms with Crippen molar-refractivity contribution in [3.05, 3.63) is 34.1 Å². The first-order chi connectivity index (χ1) is 8.26. The fourth-order valence-corrected chi connectivity index (χ4v) is 2.01. The zero-order valence-corrected chi connectivity index (χ0v) is 13.6. The summed E-state index contributed by atoms with van der Waals surface area (Å²) in [6, 6.07) is 4.25. The average molecular weight is 354 g/mol. The quantitative estimate of drug-likeness (QED) is 0.904. The van der Waals surface area contributed by atoms with Gasteiger partial charge in [0, 0.05) is 19.2 Å². The molecule has 0 aromatic heterocycles. The summed E-state index contributed by atoms with van der Waals surface area (Å²) in [7, 11) is 1.72. The Morgan fingerprint density at radius 3 is 2.53 bits per heavy atom. The molecule has 0 spiro atoms. The van der Waals surface area contributed by atoms with Crippen molar-refractivity contribution in [3.63, 3.8) is 0 Å². The van der Waals surface area contributed by atoms with E-state index in [1.165, 1.54) is 18.2 Å². The van der Waals surface area contributed by atoms with Crippen LogP contribution in [0.2, 0.25) is 0 Å². The van der Waals surface area contributed by atoms with E-state index in [9.17, 15) is 9.18 Å². The van der Waals surface area contributed by atoms with Crippen LogP contribution < -0.4 is 5.73 Å². The molecule has 0 atom stereocenters. The van der Waals surface area contributed by atoms with Crippen molar-refractivity contribution in [2.45, 2.75) is 13.8 Å². The fourth-order valence-electron chi connectivity index (χ4n) is 1.63. The normalized spacial score (nSPS) is 10.8. The predicted molar refractivity (Wildman–Crippen MR) is 81.1 cm³/mol. The lowest BCUT2D eigenvalue weighted by Crippen LogP contribution is -2.39. The van der Waals surface area contributed by atoms with E-state index >= 15 is 0 Å². The Balaban J connectivity index is 0.00000324. The van der Waals surface area contributed by atoms with Gasteiger partial charge in [-0.2, -0.15) is 0 Å². The second kappa shape index (κ2) is 7.22. The topological polar surface area (TPSA) is 46.3 Å². The molecule has 0 unspecified atom stereocenters. The minimum Gasteiger partial charge on any atom is -0.341 e. The third kappa shape index (κ3) is 5.09. The zero-order chi connectivity index (χ0) is 13.9. The molecule has 0 bridgehead atoms. The Morgan fingerprint density at radius 1 is 1.47 bits per heavy atom. The van der Waals surface area contributed by atoms with Crippen molar-refractivity contribution < 1.29 is 9.18 Å². The van der Waals surface area contributed by atoms with Crippen molar-refractivity contribution >= 4 is 34.2 Å². The van der Waals surface area contributed by atoms with Crippen LogP contribution in [0.5, 0.6) is 0 Å². The van der Waals surface area contributed by atoms with Crippen LogP contribution >= 0.6 is 28.3 Å². The highest BCUT2D eigenvalue weighted by molar-refractivity contribution is 9.10. The van der Waals surface area contributed by atoms with Crippen LogP contribution in [-0.2, 0) is 0 Å². The summed E-state index contributed by atoms with van der Waals surface area (Å²) in [5.74, 6) is -0.520. The second-order valence-corrected chi connectivity index (χ2v) is 6.01. The fraction of sp³-hybridized carbons (Fsp3) is 0.462. The van der Waals surface area contributed by atoms with E-state index < -0.39 is 0 Å². The Labute approximate surface area is 127 Å². The summed E-state index contributed by atoms with van der Waals surface area (Å²) in [5.41, 5.74) is 5.96. The first-order valence-electron chi connectivity index (χ1n) is 5.67. The molecular formula is C13H19BrClFN2O. The highest BCUT2D eigenvalue weighted by Gasteiger charge is 2.22. The summed E-state index contributed by atoms with van der Waals surface area (Å²) >= 11 is 3.07. The second-order valence-electron chi connectivity index (χ2n) is 5.16. The number of rotatable bonds is 4. The van der Waals surface area contributed by atoms with Crippen molar-refractivity contribution in [2.24, 2.45) is 11.1 Å². The molecule has 0 aliphatic heterocycles. The predicted octanol–water partition coefficient (Wildman–Crippen LogP) is 3.07. The molecule has 2 N–H and O–H groups in total. The summed E-state index contributed by atoms with van der Waals surface area (Å²) in [6.07, 6.45) is 0. The molecule has 3 nitrogen and oxygen atoms in total. The molecular weight excluding hydrogens is 335 g/mol. The molecule has 0 heterocycles. The molecule has 1 rings (SSSR count). The maximum absolute atomic E-state index is 13.1. The van der Waals surface area contributed by atoms with Gasteiger partial charge >= 0.3 is 0 Å². The number of nitrogens with zero attached hydrogens (tertiary/aromatic N) is 1. The molecule has 0 aliphatic carbocycles. The highest BCUT2D eigenvalue weighted by Crippen LogP contribution is 2.19. The van der Waals surface area contributed by atoms with Crippen LogP contribution in [0.25, 0.3) is 0 Å². The van der Waals surface area contributed by atoms with Gasteiger partial charge in [0.15, 0.2) is 0 Å². The first kappa shape index (κ1) is 18.4. The number of carbonyl (C=O) groups excluding carboxylic acids is 1. The summed E-state index contributed by atoms with van der Waals surface area (Å²) in [6.45, 7) is 5.05. The van der Waals surface area contributed by atoms with Gasteiger partial charge in [-0.1, -0.05) is 13.8 Å². The van der Waals surface area contributed by atoms with E-state index in [2.05, 4.69) is 15.9 Å². The van der Waals surface area contributed by atoms with Gasteiger partial charge in [-0.25, -0.2) is 4.39 Å². The molecule has 19 heavy (non-hydrogen) atoms. The number of carbonyl (C=O) groups is 1. The molecule has 0 radical (unpaired) electrons. The number of nitrogens with two attached hydrogens (primary N) is 1. The van der Waals surface area contributed by atoms with Gasteiger partial charge in [-0.15, -0.1) is 12.4 Å². The minimum absolute atomic E-state index is 0. The molecule has 0 aliphatic rings. The van der Waals surface area contributed by atoms with Gasteiger partial charge in [-0.05, 0) is 46.1 Å². The number of benzene rings is 1. The molecule has 6 heteroatoms. The summed E-state index contributed by atoms with van der Waals surface area (Å²) in [5, 5.41) is 0. The lowest BCUT2D eigenvalue weighted by molar-refractivity contribution is 0.0740. The number of amides is 1. The Kier molecular flexibility index (Phi) is 6.97. The van der Waals surface area contributed by atoms with Crippen LogP contribution in [0.15, 0.2) is 22.7 Å². The van der Waals surface area contributed by atoms with E-state index in [0.29, 0.717) is 23.1 Å². The summed E-state index contributed by atoms with van der Waals surface area (Å²) < 4.78 is 13.4. The van der Waals surface area contributed by atoms with Crippen LogP contribution in [0, 0.1) is 11.2 Å². The van der Waals surface area contributed by atoms with E-state index in [0.717, 1.165) is 0 Å². The monoisotopic (exact) mass is 352 g/mol. The third-order valence-corrected chi connectivity index (χ3v) is 3.34. The first-order valence-corrected chi connectivity index (χ1v) is 6.47. The summed E-state index contributed by atoms with van der Waals surface area (Å²) in [4.78, 5) is 13.7. The third-order valence-electron chi connectivity index (χ3n) is 2.73. The molecule has 1 aromatic rings. The van der Waals surface area contributed by atoms with E-state index in [1.807, 2.05) is 13.8 Å². The SMILES string of the molecule is CN(CC(C)(C)CN)C(=O)c1ccc(F)c(Br)c1.Cl. The molecule has 1 amide bonds. The standard InChI is InChI=1S/C13H18BrFN2O.ClH/c1-13(2,7-16)8-17(3)12(18)9-4-5-11(15)10(14)6-9;/h4-6H,7-8,16H2,1-3H3;1H. The Bertz CT molecular complexity index is 454. The van der Waals surface area contributed by atoms with Gasteiger partial charge in [-0.3, -0.25) is 4.79 Å². The minimum atomic E-state index is -0.378. The van der Waals surface area contributed by atoms with Crippen molar-refractivity contribution in [1.29, 1.82) is 0 Å². The van der Waals surface area contributed by atoms with E-state index in [-0.39, 0.29) is 29.5 Å². The van der Waals surface area contributed by atoms with E-state index in [1.54, 1.807) is 11.9 Å². The molecule has 0 saturated carbocycles. The Hall–Kier alpha value is -0.650. The smallest absolute Gasteiger partial charge is 0.253 e. The molecule has 1 aromatic carbocycles. The average Bonchev–Trinajstić information content (AvgIpc) is 2.31. The zero-order valence-electron chi connectivity index (χ0n) is 11.2. The van der Waals surface area contributed by atoms with Gasteiger partial charge in [0.2, 0.25) is 0 Å². The largest absolute Gasteiger partial charge is 0.341 e. The van der Waals surface area contributed by atoms with Crippen LogP contribution in [0.4, 0.5) is 4.39 Å². The van der Waals surface area contributed by atoms with E-state index in [4.69, 9.17) is 5.73 Å². The van der Waals surface area contributed by atoms with Crippen molar-refractivity contribution in [2.75, 3.05) is 20.1 Å². The molecule has 0 fully saturated rings. The number of hydrogen-bond acceptors (Lipinski definition) is 2. The maximum atomic E-state index is 13.1. The lowest BCUT2D eigenvalue weighted by Gasteiger charge is -2.29. The van der Waals surface area contributed by atoms with Crippen LogP contribution in [0.3, 0.4) is 0 Å². The lowest BCUT2D eigenvalue weighted by atomic mass is 9.93.